The van der Waals surface area contributed by atoms with Crippen molar-refractivity contribution in [3.05, 3.63) is 17.5 Å². The molecule has 118 valence electrons. The van der Waals surface area contributed by atoms with Gasteiger partial charge in [-0.05, 0) is 24.8 Å². The van der Waals surface area contributed by atoms with Crippen molar-refractivity contribution in [1.29, 1.82) is 0 Å². The Labute approximate surface area is 125 Å². The van der Waals surface area contributed by atoms with Gasteiger partial charge in [0.2, 0.25) is 0 Å². The number of carbonyl (C=O) groups is 1. The molecule has 1 aliphatic rings. The molecule has 0 aromatic carbocycles. The minimum absolute atomic E-state index is 0.0817. The Morgan fingerprint density at radius 2 is 2.29 bits per heavy atom. The van der Waals surface area contributed by atoms with Gasteiger partial charge in [-0.1, -0.05) is 20.8 Å². The van der Waals surface area contributed by atoms with Crippen molar-refractivity contribution in [2.24, 2.45) is 5.92 Å². The van der Waals surface area contributed by atoms with Crippen molar-refractivity contribution in [2.45, 2.75) is 45.1 Å². The highest BCUT2D eigenvalue weighted by Crippen LogP contribution is 2.28. The van der Waals surface area contributed by atoms with Crippen LogP contribution in [0.2, 0.25) is 0 Å². The number of rotatable bonds is 7. The fourth-order valence-corrected chi connectivity index (χ4v) is 1.84. The molecule has 2 rings (SSSR count). The lowest BCUT2D eigenvalue weighted by Crippen LogP contribution is -2.34. The number of aliphatic hydroxyl groups excluding tert-OH is 1. The zero-order valence-corrected chi connectivity index (χ0v) is 13.0. The number of carbonyl (C=O) groups excluding carboxylic acids is 1. The summed E-state index contributed by atoms with van der Waals surface area (Å²) in [7, 11) is 0. The Morgan fingerprint density at radius 1 is 1.57 bits per heavy atom. The molecule has 6 nitrogen and oxygen atoms in total. The monoisotopic (exact) mass is 295 g/mol. The third-order valence-electron chi connectivity index (χ3n) is 3.48. The number of aliphatic hydroxyl groups is 1. The molecule has 3 N–H and O–H groups in total. The second-order valence-corrected chi connectivity index (χ2v) is 6.76. The molecule has 1 heterocycles. The number of nitrogens with zero attached hydrogens (tertiary/aromatic N) is 1. The third kappa shape index (κ3) is 5.13. The van der Waals surface area contributed by atoms with E-state index in [4.69, 9.17) is 4.74 Å². The van der Waals surface area contributed by atoms with Gasteiger partial charge in [-0.15, -0.1) is 0 Å². The number of hydrogen-bond donors (Lipinski definition) is 3. The smallest absolute Gasteiger partial charge is 0.271 e. The van der Waals surface area contributed by atoms with Gasteiger partial charge in [-0.3, -0.25) is 9.89 Å². The van der Waals surface area contributed by atoms with Crippen LogP contribution in [0.4, 0.5) is 0 Å². The molecule has 1 aromatic rings. The molecular weight excluding hydrogens is 270 g/mol. The van der Waals surface area contributed by atoms with Gasteiger partial charge in [-0.2, -0.15) is 5.10 Å². The van der Waals surface area contributed by atoms with Crippen LogP contribution in [0.15, 0.2) is 6.07 Å². The van der Waals surface area contributed by atoms with Gasteiger partial charge in [0, 0.05) is 24.3 Å². The summed E-state index contributed by atoms with van der Waals surface area (Å²) < 4.78 is 5.38. The average Bonchev–Trinajstić information content (AvgIpc) is 3.07. The highest BCUT2D eigenvalue weighted by atomic mass is 16.5. The molecule has 1 unspecified atom stereocenters. The summed E-state index contributed by atoms with van der Waals surface area (Å²) in [6, 6.07) is 1.74. The summed E-state index contributed by atoms with van der Waals surface area (Å²) in [5.41, 5.74) is 1.16. The molecule has 1 amide bonds. The van der Waals surface area contributed by atoms with Crippen LogP contribution in [0.25, 0.3) is 0 Å². The zero-order chi connectivity index (χ0) is 15.5. The maximum absolute atomic E-state index is 11.9. The molecule has 1 saturated carbocycles. The van der Waals surface area contributed by atoms with Crippen LogP contribution in [0.3, 0.4) is 0 Å². The minimum Gasteiger partial charge on any atom is -0.389 e. The first-order valence-corrected chi connectivity index (χ1v) is 7.46. The number of hydrogen-bond acceptors (Lipinski definition) is 4. The standard InChI is InChI=1S/C15H25N3O3/c1-15(2,3)13-6-12(17-18-13)14(20)16-7-11(19)9-21-8-10-4-5-10/h6,10-11,19H,4-5,7-9H2,1-3H3,(H,16,20)(H,17,18). The summed E-state index contributed by atoms with van der Waals surface area (Å²) in [4.78, 5) is 11.9. The predicted octanol–water partition coefficient (Wildman–Crippen LogP) is 1.22. The van der Waals surface area contributed by atoms with Crippen LogP contribution >= 0.6 is 0 Å². The first-order valence-electron chi connectivity index (χ1n) is 7.46. The molecule has 0 spiro atoms. The molecule has 1 atom stereocenters. The van der Waals surface area contributed by atoms with Crippen molar-refractivity contribution >= 4 is 5.91 Å². The van der Waals surface area contributed by atoms with E-state index in [-0.39, 0.29) is 24.5 Å². The molecule has 0 aliphatic heterocycles. The first-order chi connectivity index (χ1) is 9.86. The number of aromatic amines is 1. The SMILES string of the molecule is CC(C)(C)c1cc(C(=O)NCC(O)COCC2CC2)n[nH]1. The number of aromatic nitrogens is 2. The fraction of sp³-hybridized carbons (Fsp3) is 0.733. The Hall–Kier alpha value is -1.40. The third-order valence-corrected chi connectivity index (χ3v) is 3.48. The van der Waals surface area contributed by atoms with Crippen molar-refractivity contribution < 1.29 is 14.6 Å². The molecule has 6 heteroatoms. The van der Waals surface area contributed by atoms with Gasteiger partial charge in [-0.25, -0.2) is 0 Å². The molecule has 0 saturated heterocycles. The summed E-state index contributed by atoms with van der Waals surface area (Å²) in [5, 5.41) is 19.3. The Balaban J connectivity index is 1.71. The minimum atomic E-state index is -0.686. The van der Waals surface area contributed by atoms with Crippen molar-refractivity contribution in [3.8, 4) is 0 Å². The van der Waals surface area contributed by atoms with Gasteiger partial charge in [0.1, 0.15) is 5.69 Å². The average molecular weight is 295 g/mol. The molecule has 0 radical (unpaired) electrons. The Morgan fingerprint density at radius 3 is 2.86 bits per heavy atom. The summed E-state index contributed by atoms with van der Waals surface area (Å²) in [5.74, 6) is 0.384. The lowest BCUT2D eigenvalue weighted by molar-refractivity contribution is 0.0320. The van der Waals surface area contributed by atoms with Crippen molar-refractivity contribution in [2.75, 3.05) is 19.8 Å². The summed E-state index contributed by atoms with van der Waals surface area (Å²) in [6.07, 6.45) is 1.76. The molecule has 1 aromatic heterocycles. The van der Waals surface area contributed by atoms with E-state index in [2.05, 4.69) is 15.5 Å². The maximum atomic E-state index is 11.9. The quantitative estimate of drug-likeness (QED) is 0.706. The van der Waals surface area contributed by atoms with E-state index in [0.29, 0.717) is 18.2 Å². The molecular formula is C15H25N3O3. The van der Waals surface area contributed by atoms with Gasteiger partial charge in [0.25, 0.3) is 5.91 Å². The van der Waals surface area contributed by atoms with Gasteiger partial charge in [0.05, 0.1) is 12.7 Å². The van der Waals surface area contributed by atoms with E-state index < -0.39 is 6.10 Å². The second kappa shape index (κ2) is 6.58. The number of H-pyrrole nitrogens is 1. The van der Waals surface area contributed by atoms with Crippen LogP contribution < -0.4 is 5.32 Å². The molecule has 21 heavy (non-hydrogen) atoms. The van der Waals surface area contributed by atoms with E-state index >= 15 is 0 Å². The highest BCUT2D eigenvalue weighted by molar-refractivity contribution is 5.92. The lowest BCUT2D eigenvalue weighted by Gasteiger charge is -2.14. The van der Waals surface area contributed by atoms with E-state index in [1.807, 2.05) is 20.8 Å². The number of ether oxygens (including phenoxy) is 1. The largest absolute Gasteiger partial charge is 0.389 e. The zero-order valence-electron chi connectivity index (χ0n) is 13.0. The maximum Gasteiger partial charge on any atom is 0.271 e. The second-order valence-electron chi connectivity index (χ2n) is 6.76. The van der Waals surface area contributed by atoms with Crippen LogP contribution in [-0.4, -0.2) is 47.1 Å². The van der Waals surface area contributed by atoms with Gasteiger partial charge < -0.3 is 15.2 Å². The van der Waals surface area contributed by atoms with E-state index in [1.165, 1.54) is 12.8 Å². The first kappa shape index (κ1) is 16.0. The molecule has 1 fully saturated rings. The van der Waals surface area contributed by atoms with Crippen molar-refractivity contribution in [3.63, 3.8) is 0 Å². The molecule has 1 aliphatic carbocycles. The van der Waals surface area contributed by atoms with E-state index in [9.17, 15) is 9.90 Å². The van der Waals surface area contributed by atoms with Crippen LogP contribution in [0, 0.1) is 5.92 Å². The van der Waals surface area contributed by atoms with Crippen molar-refractivity contribution in [1.82, 2.24) is 15.5 Å². The summed E-state index contributed by atoms with van der Waals surface area (Å²) >= 11 is 0. The lowest BCUT2D eigenvalue weighted by atomic mass is 9.92. The predicted molar refractivity (Wildman–Crippen MR) is 79.2 cm³/mol. The highest BCUT2D eigenvalue weighted by Gasteiger charge is 2.22. The van der Waals surface area contributed by atoms with Gasteiger partial charge in [0.15, 0.2) is 0 Å². The fourth-order valence-electron chi connectivity index (χ4n) is 1.84. The summed E-state index contributed by atoms with van der Waals surface area (Å²) in [6.45, 7) is 7.26. The van der Waals surface area contributed by atoms with Gasteiger partial charge >= 0.3 is 0 Å². The normalized spacial score (nSPS) is 16.8. The van der Waals surface area contributed by atoms with E-state index in [0.717, 1.165) is 5.69 Å². The van der Waals surface area contributed by atoms with E-state index in [1.54, 1.807) is 6.07 Å². The number of amides is 1. The Kier molecular flexibility index (Phi) is 5.00. The molecule has 0 bridgehead atoms. The number of nitrogens with one attached hydrogen (secondary N) is 2. The topological polar surface area (TPSA) is 87.2 Å². The Bertz CT molecular complexity index is 475. The van der Waals surface area contributed by atoms with Crippen LogP contribution in [0.1, 0.15) is 49.8 Å². The van der Waals surface area contributed by atoms with Crippen LogP contribution in [0.5, 0.6) is 0 Å². The van der Waals surface area contributed by atoms with Crippen LogP contribution in [-0.2, 0) is 10.2 Å².